The molecule has 0 atom stereocenters. The molecule has 0 aromatic carbocycles. The first-order valence-electron chi connectivity index (χ1n) is 10.8. The van der Waals surface area contributed by atoms with Crippen LogP contribution in [-0.2, 0) is 32.3 Å². The molecule has 0 amide bonds. The van der Waals surface area contributed by atoms with Crippen molar-refractivity contribution in [1.82, 2.24) is 15.3 Å². The smallest absolute Gasteiger partial charge is 0.337 e. The van der Waals surface area contributed by atoms with Gasteiger partial charge in [0.25, 0.3) is 0 Å². The molecule has 2 aromatic heterocycles. The zero-order valence-electron chi connectivity index (χ0n) is 18.9. The van der Waals surface area contributed by atoms with Crippen LogP contribution in [0.1, 0.15) is 25.0 Å². The van der Waals surface area contributed by atoms with Crippen LogP contribution in [0.3, 0.4) is 0 Å². The maximum Gasteiger partial charge on any atom is 0.337 e. The Morgan fingerprint density at radius 3 is 1.94 bits per heavy atom. The van der Waals surface area contributed by atoms with Crippen LogP contribution in [0.15, 0.2) is 81.9 Å². The third-order valence-electron chi connectivity index (χ3n) is 5.34. The highest BCUT2D eigenvalue weighted by atomic mass is 32.2. The Morgan fingerprint density at radius 2 is 1.50 bits per heavy atom. The van der Waals surface area contributed by atoms with Gasteiger partial charge in [-0.1, -0.05) is 12.1 Å². The lowest BCUT2D eigenvalue weighted by Gasteiger charge is -2.32. The van der Waals surface area contributed by atoms with E-state index in [2.05, 4.69) is 15.3 Å². The van der Waals surface area contributed by atoms with Gasteiger partial charge >= 0.3 is 11.9 Å². The van der Waals surface area contributed by atoms with Gasteiger partial charge in [-0.25, -0.2) is 9.59 Å². The van der Waals surface area contributed by atoms with E-state index in [0.717, 1.165) is 27.5 Å². The Balaban J connectivity index is 1.60. The molecule has 0 unspecified atom stereocenters. The number of esters is 2. The van der Waals surface area contributed by atoms with Crippen LogP contribution in [-0.4, -0.2) is 33.4 Å². The van der Waals surface area contributed by atoms with Crippen LogP contribution in [0.25, 0.3) is 0 Å². The second kappa shape index (κ2) is 11.4. The number of nitrogens with one attached hydrogen (secondary N) is 1. The normalized spacial score (nSPS) is 16.6. The molecule has 7 nitrogen and oxygen atoms in total. The third-order valence-corrected chi connectivity index (χ3v) is 7.70. The molecule has 4 heterocycles. The molecule has 34 heavy (non-hydrogen) atoms. The molecule has 0 saturated heterocycles. The van der Waals surface area contributed by atoms with Gasteiger partial charge in [0.05, 0.1) is 17.1 Å². The zero-order chi connectivity index (χ0) is 23.9. The van der Waals surface area contributed by atoms with Gasteiger partial charge in [0.2, 0.25) is 0 Å². The quantitative estimate of drug-likeness (QED) is 0.563. The fourth-order valence-electron chi connectivity index (χ4n) is 3.77. The van der Waals surface area contributed by atoms with Crippen molar-refractivity contribution in [3.05, 3.63) is 93.0 Å². The molecule has 0 saturated carbocycles. The summed E-state index contributed by atoms with van der Waals surface area (Å²) in [5.41, 5.74) is 3.75. The summed E-state index contributed by atoms with van der Waals surface area (Å²) in [6.45, 7) is 3.85. The van der Waals surface area contributed by atoms with E-state index in [0.29, 0.717) is 22.5 Å². The average Bonchev–Trinajstić information content (AvgIpc) is 2.87. The fraction of sp³-hybridized carbons (Fsp3) is 0.280. The maximum absolute atomic E-state index is 13.3. The van der Waals surface area contributed by atoms with E-state index in [-0.39, 0.29) is 13.2 Å². The summed E-state index contributed by atoms with van der Waals surface area (Å²) in [7, 11) is 0. The number of aromatic nitrogens is 2. The highest BCUT2D eigenvalue weighted by Crippen LogP contribution is 2.44. The van der Waals surface area contributed by atoms with Crippen molar-refractivity contribution >= 4 is 35.5 Å². The number of pyridine rings is 2. The number of hydrogen-bond donors (Lipinski definition) is 1. The highest BCUT2D eigenvalue weighted by Gasteiger charge is 2.39. The van der Waals surface area contributed by atoms with Crippen LogP contribution in [0.2, 0.25) is 0 Å². The summed E-state index contributed by atoms with van der Waals surface area (Å²) in [6, 6.07) is 7.28. The Bertz CT molecular complexity index is 1070. The van der Waals surface area contributed by atoms with Gasteiger partial charge in [-0.05, 0) is 31.4 Å². The fourth-order valence-corrected chi connectivity index (χ4v) is 6.02. The number of nitrogens with zero attached hydrogens (tertiary/aromatic N) is 2. The number of carbonyl (C=O) groups excluding carboxylic acids is 2. The molecule has 0 aliphatic carbocycles. The van der Waals surface area contributed by atoms with E-state index in [4.69, 9.17) is 9.47 Å². The Kier molecular flexibility index (Phi) is 8.08. The Labute approximate surface area is 207 Å². The van der Waals surface area contributed by atoms with Crippen LogP contribution < -0.4 is 5.32 Å². The number of dihydropyridines is 1. The Hall–Kier alpha value is -3.04. The summed E-state index contributed by atoms with van der Waals surface area (Å²) in [5, 5.41) is 5.23. The minimum absolute atomic E-state index is 0.0978. The lowest BCUT2D eigenvalue weighted by molar-refractivity contribution is -0.141. The molecular weight excluding hydrogens is 470 g/mol. The van der Waals surface area contributed by atoms with Crippen LogP contribution in [0.4, 0.5) is 0 Å². The second-order valence-electron chi connectivity index (χ2n) is 7.75. The molecule has 4 rings (SSSR count). The number of ether oxygens (including phenoxy) is 2. The lowest BCUT2D eigenvalue weighted by Crippen LogP contribution is -2.34. The largest absolute Gasteiger partial charge is 0.457 e. The molecule has 0 spiro atoms. The van der Waals surface area contributed by atoms with Crippen molar-refractivity contribution in [3.63, 3.8) is 0 Å². The summed E-state index contributed by atoms with van der Waals surface area (Å²) in [6.07, 6.45) is 6.65. The molecule has 9 heteroatoms. The van der Waals surface area contributed by atoms with Crippen LogP contribution in [0.5, 0.6) is 0 Å². The lowest BCUT2D eigenvalue weighted by atomic mass is 9.85. The van der Waals surface area contributed by atoms with E-state index in [1.54, 1.807) is 60.4 Å². The standard InChI is InChI=1S/C25H25N3O4S2/c1-16-21(24(29)31-13-18-5-3-7-26-11-18)23(20-15-33-9-10-34-20)22(17(2)28-16)25(30)32-14-19-6-4-8-27-12-19/h3-8,11-12,15,23,28H,9-10,13-14H2,1-2H3. The number of allylic oxidation sites excluding steroid dienone is 3. The van der Waals surface area contributed by atoms with Crippen molar-refractivity contribution in [3.8, 4) is 0 Å². The maximum atomic E-state index is 13.3. The van der Waals surface area contributed by atoms with Gasteiger partial charge < -0.3 is 14.8 Å². The number of thioether (sulfide) groups is 2. The monoisotopic (exact) mass is 495 g/mol. The topological polar surface area (TPSA) is 90.4 Å². The molecule has 0 bridgehead atoms. The van der Waals surface area contributed by atoms with Crippen molar-refractivity contribution in [2.75, 3.05) is 11.5 Å². The van der Waals surface area contributed by atoms with E-state index in [1.807, 2.05) is 31.4 Å². The molecule has 2 aromatic rings. The number of rotatable bonds is 7. The van der Waals surface area contributed by atoms with E-state index in [9.17, 15) is 9.59 Å². The third kappa shape index (κ3) is 5.71. The van der Waals surface area contributed by atoms with E-state index >= 15 is 0 Å². The summed E-state index contributed by atoms with van der Waals surface area (Å²) in [5.74, 6) is 0.379. The first-order valence-corrected chi connectivity index (χ1v) is 12.8. The van der Waals surface area contributed by atoms with Gasteiger partial charge in [0, 0.05) is 63.7 Å². The number of hydrogen-bond acceptors (Lipinski definition) is 9. The predicted octanol–water partition coefficient (Wildman–Crippen LogP) is 4.35. The van der Waals surface area contributed by atoms with Crippen molar-refractivity contribution in [2.24, 2.45) is 5.92 Å². The average molecular weight is 496 g/mol. The summed E-state index contributed by atoms with van der Waals surface area (Å²) in [4.78, 5) is 35.7. The van der Waals surface area contributed by atoms with Crippen molar-refractivity contribution in [1.29, 1.82) is 0 Å². The van der Waals surface area contributed by atoms with E-state index in [1.165, 1.54) is 0 Å². The minimum Gasteiger partial charge on any atom is -0.457 e. The molecular formula is C25H25N3O4S2. The molecule has 2 aliphatic heterocycles. The summed E-state index contributed by atoms with van der Waals surface area (Å²) >= 11 is 3.33. The highest BCUT2D eigenvalue weighted by molar-refractivity contribution is 8.09. The van der Waals surface area contributed by atoms with Gasteiger partial charge in [-0.3, -0.25) is 9.97 Å². The minimum atomic E-state index is -0.554. The van der Waals surface area contributed by atoms with Gasteiger partial charge in [0.15, 0.2) is 0 Å². The van der Waals surface area contributed by atoms with Crippen LogP contribution >= 0.6 is 23.5 Å². The van der Waals surface area contributed by atoms with Crippen molar-refractivity contribution in [2.45, 2.75) is 27.1 Å². The molecule has 0 fully saturated rings. The van der Waals surface area contributed by atoms with Gasteiger partial charge in [-0.15, -0.1) is 23.5 Å². The zero-order valence-corrected chi connectivity index (χ0v) is 20.6. The second-order valence-corrected chi connectivity index (χ2v) is 9.90. The SMILES string of the molecule is CC1=C(C(=O)OCc2cccnc2)C(C2=CSCCS2)C(C(=O)OCc2cccnc2)=C(C)N1. The molecule has 0 radical (unpaired) electrons. The van der Waals surface area contributed by atoms with Crippen LogP contribution in [0, 0.1) is 5.92 Å². The van der Waals surface area contributed by atoms with Crippen molar-refractivity contribution < 1.29 is 19.1 Å². The summed E-state index contributed by atoms with van der Waals surface area (Å²) < 4.78 is 11.3. The molecule has 176 valence electrons. The first kappa shape index (κ1) is 24.1. The predicted molar refractivity (Wildman–Crippen MR) is 133 cm³/mol. The first-order chi connectivity index (χ1) is 16.5. The molecule has 1 N–H and O–H groups in total. The molecule has 2 aliphatic rings. The number of carbonyl (C=O) groups is 2. The Morgan fingerprint density at radius 1 is 0.941 bits per heavy atom. The van der Waals surface area contributed by atoms with Gasteiger partial charge in [0.1, 0.15) is 13.2 Å². The van der Waals surface area contributed by atoms with Gasteiger partial charge in [-0.2, -0.15) is 0 Å². The van der Waals surface area contributed by atoms with E-state index < -0.39 is 17.9 Å².